The predicted molar refractivity (Wildman–Crippen MR) is 151 cm³/mol. The Labute approximate surface area is 219 Å². The average molecular weight is 500 g/mol. The van der Waals surface area contributed by atoms with Crippen LogP contribution in [0.4, 0.5) is 0 Å². The van der Waals surface area contributed by atoms with Crippen molar-refractivity contribution >= 4 is 17.1 Å². The number of nitrogens with zero attached hydrogens (tertiary/aromatic N) is 1. The van der Waals surface area contributed by atoms with Crippen LogP contribution >= 0.6 is 0 Å². The quantitative estimate of drug-likeness (QED) is 0.0691. The lowest BCUT2D eigenvalue weighted by atomic mass is 10.2. The van der Waals surface area contributed by atoms with Gasteiger partial charge in [0.05, 0.1) is 0 Å². The Bertz CT molecular complexity index is 1270. The molecule has 0 spiro atoms. The Morgan fingerprint density at radius 1 is 0.838 bits per heavy atom. The van der Waals surface area contributed by atoms with Crippen LogP contribution in [0.3, 0.4) is 0 Å². The third kappa shape index (κ3) is 10.4. The maximum Gasteiger partial charge on any atom is 0.311 e. The number of aromatic nitrogens is 1. The lowest BCUT2D eigenvalue weighted by Crippen LogP contribution is -2.07. The number of fused-ring (bicyclic) bond motifs is 2. The first-order valence-electron chi connectivity index (χ1n) is 13.3. The number of allylic oxidation sites excluding steroid dienone is 8. The lowest BCUT2D eigenvalue weighted by molar-refractivity contribution is -0.134. The van der Waals surface area contributed by atoms with Gasteiger partial charge in [-0.05, 0) is 69.2 Å². The maximum atomic E-state index is 12.2. The van der Waals surface area contributed by atoms with Crippen LogP contribution in [0.2, 0.25) is 0 Å². The van der Waals surface area contributed by atoms with Gasteiger partial charge in [0.1, 0.15) is 17.0 Å². The van der Waals surface area contributed by atoms with Crippen LogP contribution in [0.5, 0.6) is 5.75 Å². The molecule has 0 N–H and O–H groups in total. The zero-order valence-corrected chi connectivity index (χ0v) is 21.7. The van der Waals surface area contributed by atoms with Crippen LogP contribution in [0.1, 0.15) is 71.1 Å². The minimum absolute atomic E-state index is 0.144. The van der Waals surface area contributed by atoms with E-state index in [1.165, 1.54) is 37.8 Å². The molecular formula is C32H37NO4. The van der Waals surface area contributed by atoms with Gasteiger partial charge in [0.25, 0.3) is 0 Å². The number of hydrogen-bond donors (Lipinski definition) is 0. The maximum absolute atomic E-state index is 12.2. The van der Waals surface area contributed by atoms with Crippen LogP contribution in [0.25, 0.3) is 22.6 Å². The minimum atomic E-state index is -0.286. The molecule has 5 nitrogen and oxygen atoms in total. The number of carbonyl (C=O) groups is 1. The highest BCUT2D eigenvalue weighted by Crippen LogP contribution is 2.26. The van der Waals surface area contributed by atoms with Gasteiger partial charge in [0, 0.05) is 18.6 Å². The van der Waals surface area contributed by atoms with Gasteiger partial charge in [-0.2, -0.15) is 0 Å². The third-order valence-electron chi connectivity index (χ3n) is 5.76. The molecule has 0 amide bonds. The van der Waals surface area contributed by atoms with Crippen molar-refractivity contribution in [3.63, 3.8) is 0 Å². The summed E-state index contributed by atoms with van der Waals surface area (Å²) in [7, 11) is 0. The Hall–Kier alpha value is -3.73. The van der Waals surface area contributed by atoms with Crippen LogP contribution in [0.15, 0.2) is 94.2 Å². The number of hydrogen-bond acceptors (Lipinski definition) is 5. The van der Waals surface area contributed by atoms with Gasteiger partial charge in [-0.3, -0.25) is 9.59 Å². The van der Waals surface area contributed by atoms with Gasteiger partial charge >= 0.3 is 5.97 Å². The van der Waals surface area contributed by atoms with Gasteiger partial charge in [-0.25, -0.2) is 4.98 Å². The molecule has 1 aromatic carbocycles. The molecule has 2 aliphatic rings. The van der Waals surface area contributed by atoms with Gasteiger partial charge in [0.15, 0.2) is 16.8 Å². The van der Waals surface area contributed by atoms with E-state index < -0.39 is 0 Å². The largest absolute Gasteiger partial charge is 0.453 e. The summed E-state index contributed by atoms with van der Waals surface area (Å²) < 4.78 is 11.2. The fraction of sp³-hybridized carbons (Fsp3) is 0.344. The first-order chi connectivity index (χ1) is 18.2. The van der Waals surface area contributed by atoms with Crippen molar-refractivity contribution in [3.05, 3.63) is 95.2 Å². The summed E-state index contributed by atoms with van der Waals surface area (Å²) in [5, 5.41) is 0. The highest BCUT2D eigenvalue weighted by Gasteiger charge is 2.11. The van der Waals surface area contributed by atoms with Crippen LogP contribution < -0.4 is 10.2 Å². The molecule has 0 saturated heterocycles. The van der Waals surface area contributed by atoms with Gasteiger partial charge < -0.3 is 9.15 Å². The van der Waals surface area contributed by atoms with E-state index in [4.69, 9.17) is 9.15 Å². The Kier molecular flexibility index (Phi) is 12.1. The summed E-state index contributed by atoms with van der Waals surface area (Å²) in [6.07, 6.45) is 27.3. The number of carbonyl (C=O) groups excluding carboxylic acids is 1. The summed E-state index contributed by atoms with van der Waals surface area (Å²) >= 11 is 0. The Balaban J connectivity index is 1.29. The van der Waals surface area contributed by atoms with Crippen molar-refractivity contribution in [1.29, 1.82) is 0 Å². The van der Waals surface area contributed by atoms with E-state index in [9.17, 15) is 9.59 Å². The number of esters is 1. The molecule has 1 heterocycles. The van der Waals surface area contributed by atoms with E-state index in [0.717, 1.165) is 32.1 Å². The second kappa shape index (κ2) is 16.1. The van der Waals surface area contributed by atoms with Gasteiger partial charge in [-0.15, -0.1) is 0 Å². The van der Waals surface area contributed by atoms with Crippen LogP contribution in [-0.4, -0.2) is 11.0 Å². The fourth-order valence-electron chi connectivity index (χ4n) is 3.76. The molecule has 37 heavy (non-hydrogen) atoms. The predicted octanol–water partition coefficient (Wildman–Crippen LogP) is 8.34. The molecule has 0 saturated carbocycles. The summed E-state index contributed by atoms with van der Waals surface area (Å²) in [5.74, 6) is 0.520. The molecule has 0 atom stereocenters. The summed E-state index contributed by atoms with van der Waals surface area (Å²) in [6.45, 7) is 2.23. The number of rotatable bonds is 15. The van der Waals surface area contributed by atoms with E-state index in [2.05, 4.69) is 60.5 Å². The minimum Gasteiger partial charge on any atom is -0.453 e. The van der Waals surface area contributed by atoms with Gasteiger partial charge in [-0.1, -0.05) is 68.4 Å². The van der Waals surface area contributed by atoms with Crippen molar-refractivity contribution in [3.8, 4) is 17.2 Å². The molecular weight excluding hydrogens is 462 g/mol. The highest BCUT2D eigenvalue weighted by molar-refractivity contribution is 5.79. The lowest BCUT2D eigenvalue weighted by Gasteiger charge is -2.07. The molecule has 0 aromatic heterocycles. The normalized spacial score (nSPS) is 12.2. The first kappa shape index (κ1) is 27.9. The zero-order valence-electron chi connectivity index (χ0n) is 21.7. The Morgan fingerprint density at radius 3 is 2.22 bits per heavy atom. The molecule has 1 aliphatic carbocycles. The van der Waals surface area contributed by atoms with E-state index in [1.807, 2.05) is 0 Å². The van der Waals surface area contributed by atoms with Crippen molar-refractivity contribution in [1.82, 2.24) is 4.98 Å². The molecule has 0 unspecified atom stereocenters. The number of ether oxygens (including phenoxy) is 1. The van der Waals surface area contributed by atoms with E-state index >= 15 is 0 Å². The standard InChI is InChI=1S/C32H37NO4/c1-2-3-4-5-6-7-8-9-10-11-12-13-14-15-16-17-18-19-32(35)36-27-21-23-29-31(25-27)37-30-24-26(34)20-22-28(30)33-29/h6-7,9-10,12-13,15-16,20-25H,2-5,8,11,14,17-19H2,1H3/b7-6-,10-9-,13-12-,16-15-. The van der Waals surface area contributed by atoms with E-state index in [0.29, 0.717) is 34.7 Å². The molecule has 0 bridgehead atoms. The number of benzene rings is 2. The monoisotopic (exact) mass is 499 g/mol. The SMILES string of the molecule is CCCCC/C=C\C/C=C\C/C=C\C/C=C\CCCC(=O)Oc1ccc2nc3ccc(=O)cc-3oc2c1. The van der Waals surface area contributed by atoms with Crippen molar-refractivity contribution < 1.29 is 13.9 Å². The van der Waals surface area contributed by atoms with Crippen molar-refractivity contribution in [2.45, 2.75) is 71.1 Å². The van der Waals surface area contributed by atoms with E-state index in [-0.39, 0.29) is 11.4 Å². The molecule has 3 rings (SSSR count). The smallest absolute Gasteiger partial charge is 0.311 e. The second-order valence-corrected chi connectivity index (χ2v) is 8.93. The van der Waals surface area contributed by atoms with Gasteiger partial charge in [0.2, 0.25) is 0 Å². The number of unbranched alkanes of at least 4 members (excludes halogenated alkanes) is 4. The molecule has 5 heteroatoms. The van der Waals surface area contributed by atoms with Crippen molar-refractivity contribution in [2.75, 3.05) is 0 Å². The summed E-state index contributed by atoms with van der Waals surface area (Å²) in [5.41, 5.74) is 1.55. The Morgan fingerprint density at radius 2 is 1.51 bits per heavy atom. The highest BCUT2D eigenvalue weighted by atomic mass is 16.5. The zero-order chi connectivity index (χ0) is 26.1. The van der Waals surface area contributed by atoms with Crippen molar-refractivity contribution in [2.24, 2.45) is 0 Å². The molecule has 0 radical (unpaired) electrons. The van der Waals surface area contributed by atoms with E-state index in [1.54, 1.807) is 24.3 Å². The fourth-order valence-corrected chi connectivity index (χ4v) is 3.76. The third-order valence-corrected chi connectivity index (χ3v) is 5.76. The topological polar surface area (TPSA) is 69.4 Å². The molecule has 0 fully saturated rings. The first-order valence-corrected chi connectivity index (χ1v) is 13.3. The average Bonchev–Trinajstić information content (AvgIpc) is 2.89. The van der Waals surface area contributed by atoms with Crippen LogP contribution in [0, 0.1) is 0 Å². The summed E-state index contributed by atoms with van der Waals surface area (Å²) in [6, 6.07) is 9.55. The molecule has 1 aliphatic heterocycles. The molecule has 194 valence electrons. The second-order valence-electron chi connectivity index (χ2n) is 8.93. The summed E-state index contributed by atoms with van der Waals surface area (Å²) in [4.78, 5) is 28.2. The molecule has 1 aromatic rings. The van der Waals surface area contributed by atoms with Crippen LogP contribution in [-0.2, 0) is 4.79 Å².